The largest absolute Gasteiger partial charge is 0.495 e. The summed E-state index contributed by atoms with van der Waals surface area (Å²) in [7, 11) is 1.57. The van der Waals surface area contributed by atoms with Gasteiger partial charge in [-0.3, -0.25) is 14.5 Å². The van der Waals surface area contributed by atoms with Crippen LogP contribution in [0.1, 0.15) is 19.8 Å². The van der Waals surface area contributed by atoms with E-state index < -0.39 is 0 Å². The number of hydrogen-bond donors (Lipinski definition) is 2. The van der Waals surface area contributed by atoms with E-state index in [0.717, 1.165) is 19.4 Å². The Bertz CT molecular complexity index is 547. The Balaban J connectivity index is 2.01. The monoisotopic (exact) mass is 305 g/mol. The van der Waals surface area contributed by atoms with Crippen molar-refractivity contribution < 1.29 is 14.3 Å². The highest BCUT2D eigenvalue weighted by atomic mass is 16.5. The number of piperidine rings is 1. The van der Waals surface area contributed by atoms with Crippen LogP contribution >= 0.6 is 0 Å². The number of para-hydroxylation sites is 2. The zero-order valence-corrected chi connectivity index (χ0v) is 13.0. The number of rotatable bonds is 5. The highest BCUT2D eigenvalue weighted by molar-refractivity contribution is 5.95. The summed E-state index contributed by atoms with van der Waals surface area (Å²) in [5.41, 5.74) is 6.03. The number of likely N-dealkylation sites (tertiary alicyclic amines) is 1. The van der Waals surface area contributed by atoms with Crippen LogP contribution in [-0.4, -0.2) is 43.0 Å². The zero-order chi connectivity index (χ0) is 16.1. The van der Waals surface area contributed by atoms with E-state index in [4.69, 9.17) is 10.5 Å². The third-order valence-corrected chi connectivity index (χ3v) is 4.15. The van der Waals surface area contributed by atoms with Crippen LogP contribution in [0, 0.1) is 5.92 Å². The quantitative estimate of drug-likeness (QED) is 0.856. The van der Waals surface area contributed by atoms with Crippen LogP contribution in [0.25, 0.3) is 0 Å². The molecule has 0 aliphatic carbocycles. The van der Waals surface area contributed by atoms with Crippen molar-refractivity contribution in [3.05, 3.63) is 24.3 Å². The number of carbonyl (C=O) groups is 2. The van der Waals surface area contributed by atoms with Crippen LogP contribution in [0.5, 0.6) is 5.75 Å². The average molecular weight is 305 g/mol. The molecule has 120 valence electrons. The second kappa shape index (κ2) is 7.26. The van der Waals surface area contributed by atoms with Crippen molar-refractivity contribution >= 4 is 17.5 Å². The van der Waals surface area contributed by atoms with E-state index in [1.807, 2.05) is 24.0 Å². The van der Waals surface area contributed by atoms with Crippen LogP contribution < -0.4 is 15.8 Å². The molecule has 3 N–H and O–H groups in total. The zero-order valence-electron chi connectivity index (χ0n) is 13.0. The fourth-order valence-corrected chi connectivity index (χ4v) is 2.74. The Labute approximate surface area is 130 Å². The van der Waals surface area contributed by atoms with E-state index in [0.29, 0.717) is 18.0 Å². The molecule has 2 rings (SSSR count). The Morgan fingerprint density at radius 2 is 2.14 bits per heavy atom. The maximum Gasteiger partial charge on any atom is 0.241 e. The molecular weight excluding hydrogens is 282 g/mol. The minimum absolute atomic E-state index is 0.116. The number of hydrogen-bond acceptors (Lipinski definition) is 4. The number of benzene rings is 1. The molecule has 2 atom stereocenters. The van der Waals surface area contributed by atoms with Gasteiger partial charge in [-0.05, 0) is 38.4 Å². The summed E-state index contributed by atoms with van der Waals surface area (Å²) in [6.45, 7) is 3.17. The molecule has 1 aliphatic heterocycles. The number of anilines is 1. The lowest BCUT2D eigenvalue weighted by atomic mass is 9.96. The molecular formula is C16H23N3O3. The number of amides is 2. The van der Waals surface area contributed by atoms with E-state index in [2.05, 4.69) is 5.32 Å². The van der Waals surface area contributed by atoms with E-state index in [1.165, 1.54) is 0 Å². The van der Waals surface area contributed by atoms with Gasteiger partial charge in [0.1, 0.15) is 5.75 Å². The molecule has 22 heavy (non-hydrogen) atoms. The second-order valence-corrected chi connectivity index (χ2v) is 5.60. The van der Waals surface area contributed by atoms with Crippen molar-refractivity contribution in [2.75, 3.05) is 25.5 Å². The molecule has 0 unspecified atom stereocenters. The lowest BCUT2D eigenvalue weighted by molar-refractivity contribution is -0.127. The summed E-state index contributed by atoms with van der Waals surface area (Å²) in [6, 6.07) is 6.95. The average Bonchev–Trinajstić information content (AvgIpc) is 2.54. The second-order valence-electron chi connectivity index (χ2n) is 5.60. The molecule has 1 fully saturated rings. The van der Waals surface area contributed by atoms with Gasteiger partial charge in [-0.15, -0.1) is 0 Å². The smallest absolute Gasteiger partial charge is 0.241 e. The van der Waals surface area contributed by atoms with Gasteiger partial charge in [-0.1, -0.05) is 12.1 Å². The molecule has 1 aliphatic rings. The summed E-state index contributed by atoms with van der Waals surface area (Å²) in [5, 5.41) is 2.88. The Kier molecular flexibility index (Phi) is 5.38. The molecule has 0 saturated carbocycles. The molecule has 6 heteroatoms. The predicted octanol–water partition coefficient (Wildman–Crippen LogP) is 1.22. The minimum Gasteiger partial charge on any atom is -0.495 e. The van der Waals surface area contributed by atoms with E-state index >= 15 is 0 Å². The van der Waals surface area contributed by atoms with Gasteiger partial charge in [-0.25, -0.2) is 0 Å². The number of nitrogens with one attached hydrogen (secondary N) is 1. The van der Waals surface area contributed by atoms with Gasteiger partial charge >= 0.3 is 0 Å². The fourth-order valence-electron chi connectivity index (χ4n) is 2.74. The maximum atomic E-state index is 12.4. The molecule has 0 aromatic heterocycles. The lowest BCUT2D eigenvalue weighted by Crippen LogP contribution is -2.49. The SMILES string of the molecule is COc1ccccc1NC(=O)[C@H](C)N1CCC[C@@H](C(N)=O)C1. The van der Waals surface area contributed by atoms with Gasteiger partial charge in [-0.2, -0.15) is 0 Å². The predicted molar refractivity (Wildman–Crippen MR) is 84.6 cm³/mol. The van der Waals surface area contributed by atoms with Gasteiger partial charge < -0.3 is 15.8 Å². The Morgan fingerprint density at radius 1 is 1.41 bits per heavy atom. The van der Waals surface area contributed by atoms with Crippen molar-refractivity contribution in [3.8, 4) is 5.75 Å². The first-order chi connectivity index (χ1) is 10.5. The lowest BCUT2D eigenvalue weighted by Gasteiger charge is -2.34. The summed E-state index contributed by atoms with van der Waals surface area (Å²) in [4.78, 5) is 25.8. The van der Waals surface area contributed by atoms with Gasteiger partial charge in [0.15, 0.2) is 0 Å². The fraction of sp³-hybridized carbons (Fsp3) is 0.500. The summed E-state index contributed by atoms with van der Waals surface area (Å²) < 4.78 is 5.23. The number of methoxy groups -OCH3 is 1. The van der Waals surface area contributed by atoms with E-state index in [9.17, 15) is 9.59 Å². The van der Waals surface area contributed by atoms with Crippen LogP contribution in [0.2, 0.25) is 0 Å². The van der Waals surface area contributed by atoms with Crippen LogP contribution in [0.3, 0.4) is 0 Å². The topological polar surface area (TPSA) is 84.7 Å². The summed E-state index contributed by atoms with van der Waals surface area (Å²) >= 11 is 0. The standard InChI is InChI=1S/C16H23N3O3/c1-11(19-9-5-6-12(10-19)15(17)20)16(21)18-13-7-3-4-8-14(13)22-2/h3-4,7-8,11-12H,5-6,9-10H2,1-2H3,(H2,17,20)(H,18,21)/t11-,12+/m0/s1. The third-order valence-electron chi connectivity index (χ3n) is 4.15. The molecule has 0 spiro atoms. The van der Waals surface area contributed by atoms with Crippen molar-refractivity contribution in [1.29, 1.82) is 0 Å². The first kappa shape index (κ1) is 16.3. The van der Waals surface area contributed by atoms with E-state index in [-0.39, 0.29) is 23.8 Å². The third kappa shape index (κ3) is 3.76. The molecule has 1 aromatic rings. The highest BCUT2D eigenvalue weighted by Crippen LogP contribution is 2.24. The normalized spacial score (nSPS) is 20.2. The highest BCUT2D eigenvalue weighted by Gasteiger charge is 2.30. The summed E-state index contributed by atoms with van der Waals surface area (Å²) in [5.74, 6) is 0.0450. The summed E-state index contributed by atoms with van der Waals surface area (Å²) in [6.07, 6.45) is 1.67. The van der Waals surface area contributed by atoms with Gasteiger partial charge in [0.05, 0.1) is 24.8 Å². The van der Waals surface area contributed by atoms with Crippen molar-refractivity contribution in [3.63, 3.8) is 0 Å². The van der Waals surface area contributed by atoms with Crippen molar-refractivity contribution in [1.82, 2.24) is 4.90 Å². The van der Waals surface area contributed by atoms with Crippen LogP contribution in [0.15, 0.2) is 24.3 Å². The first-order valence-corrected chi connectivity index (χ1v) is 7.50. The van der Waals surface area contributed by atoms with Crippen LogP contribution in [0.4, 0.5) is 5.69 Å². The maximum absolute atomic E-state index is 12.4. The molecule has 1 saturated heterocycles. The molecule has 0 radical (unpaired) electrons. The van der Waals surface area contributed by atoms with Crippen molar-refractivity contribution in [2.45, 2.75) is 25.8 Å². The number of carbonyl (C=O) groups excluding carboxylic acids is 2. The molecule has 6 nitrogen and oxygen atoms in total. The Morgan fingerprint density at radius 3 is 2.82 bits per heavy atom. The van der Waals surface area contributed by atoms with Crippen LogP contribution in [-0.2, 0) is 9.59 Å². The molecule has 1 heterocycles. The number of nitrogens with two attached hydrogens (primary N) is 1. The molecule has 0 bridgehead atoms. The minimum atomic E-state index is -0.327. The first-order valence-electron chi connectivity index (χ1n) is 7.50. The van der Waals surface area contributed by atoms with Gasteiger partial charge in [0, 0.05) is 6.54 Å². The number of ether oxygens (including phenoxy) is 1. The van der Waals surface area contributed by atoms with Gasteiger partial charge in [0.25, 0.3) is 0 Å². The van der Waals surface area contributed by atoms with E-state index in [1.54, 1.807) is 19.2 Å². The van der Waals surface area contributed by atoms with Crippen molar-refractivity contribution in [2.24, 2.45) is 11.7 Å². The Hall–Kier alpha value is -2.08. The number of nitrogens with zero attached hydrogens (tertiary/aromatic N) is 1. The molecule has 1 aromatic carbocycles. The molecule has 2 amide bonds. The number of primary amides is 1. The van der Waals surface area contributed by atoms with Gasteiger partial charge in [0.2, 0.25) is 11.8 Å².